The van der Waals surface area contributed by atoms with Crippen molar-refractivity contribution in [2.45, 2.75) is 13.0 Å². The monoisotopic (exact) mass is 137 g/mol. The molecular weight excluding hydrogens is 126 g/mol. The maximum absolute atomic E-state index is 5.22. The third kappa shape index (κ3) is 2.50. The van der Waals surface area contributed by atoms with Crippen LogP contribution in [0.5, 0.6) is 0 Å². The molecule has 50 valence electrons. The molecule has 1 unspecified atom stereocenters. The van der Waals surface area contributed by atoms with Gasteiger partial charge in [-0.15, -0.1) is 12.4 Å². The maximum atomic E-state index is 5.22. The van der Waals surface area contributed by atoms with Crippen molar-refractivity contribution in [3.05, 3.63) is 0 Å². The Morgan fingerprint density at radius 2 is 2.38 bits per heavy atom. The SMILES string of the molecule is CC1CNCCO1.Cl. The Labute approximate surface area is 56.0 Å². The lowest BCUT2D eigenvalue weighted by Crippen LogP contribution is -2.36. The lowest BCUT2D eigenvalue weighted by Gasteiger charge is -2.18. The van der Waals surface area contributed by atoms with Gasteiger partial charge in [0.15, 0.2) is 0 Å². The largest absolute Gasteiger partial charge is 0.376 e. The molecule has 1 atom stereocenters. The van der Waals surface area contributed by atoms with Gasteiger partial charge in [0, 0.05) is 13.1 Å². The summed E-state index contributed by atoms with van der Waals surface area (Å²) in [5, 5.41) is 3.21. The fraction of sp³-hybridized carbons (Fsp3) is 1.00. The van der Waals surface area contributed by atoms with Gasteiger partial charge < -0.3 is 10.1 Å². The second-order valence-corrected chi connectivity index (χ2v) is 1.89. The summed E-state index contributed by atoms with van der Waals surface area (Å²) in [6.45, 7) is 4.98. The fourth-order valence-corrected chi connectivity index (χ4v) is 0.697. The molecule has 1 fully saturated rings. The van der Waals surface area contributed by atoms with E-state index in [0.717, 1.165) is 19.7 Å². The number of ether oxygens (including phenoxy) is 1. The number of morpholine rings is 1. The van der Waals surface area contributed by atoms with Gasteiger partial charge >= 0.3 is 0 Å². The topological polar surface area (TPSA) is 21.3 Å². The lowest BCUT2D eigenvalue weighted by molar-refractivity contribution is 0.0410. The van der Waals surface area contributed by atoms with E-state index in [9.17, 15) is 0 Å². The zero-order valence-electron chi connectivity index (χ0n) is 5.02. The Hall–Kier alpha value is 0.210. The van der Waals surface area contributed by atoms with E-state index in [1.807, 2.05) is 0 Å². The molecule has 0 saturated carbocycles. The number of halogens is 1. The first-order valence-electron chi connectivity index (χ1n) is 2.72. The van der Waals surface area contributed by atoms with Gasteiger partial charge in [0.2, 0.25) is 0 Å². The van der Waals surface area contributed by atoms with Gasteiger partial charge in [0.1, 0.15) is 0 Å². The smallest absolute Gasteiger partial charge is 0.0672 e. The van der Waals surface area contributed by atoms with Crippen LogP contribution in [0.25, 0.3) is 0 Å². The Morgan fingerprint density at radius 3 is 2.62 bits per heavy atom. The number of rotatable bonds is 0. The van der Waals surface area contributed by atoms with Crippen LogP contribution >= 0.6 is 12.4 Å². The van der Waals surface area contributed by atoms with Crippen molar-refractivity contribution in [3.63, 3.8) is 0 Å². The van der Waals surface area contributed by atoms with Crippen molar-refractivity contribution in [2.24, 2.45) is 0 Å². The van der Waals surface area contributed by atoms with Crippen molar-refractivity contribution in [1.29, 1.82) is 0 Å². The molecule has 0 radical (unpaired) electrons. The minimum absolute atomic E-state index is 0. The minimum Gasteiger partial charge on any atom is -0.376 e. The summed E-state index contributed by atoms with van der Waals surface area (Å²) in [5.74, 6) is 0. The highest BCUT2D eigenvalue weighted by Crippen LogP contribution is 1.91. The highest BCUT2D eigenvalue weighted by Gasteiger charge is 2.04. The second kappa shape index (κ2) is 4.13. The van der Waals surface area contributed by atoms with Gasteiger partial charge in [-0.1, -0.05) is 0 Å². The van der Waals surface area contributed by atoms with Gasteiger partial charge in [-0.3, -0.25) is 0 Å². The van der Waals surface area contributed by atoms with Crippen LogP contribution in [-0.4, -0.2) is 25.8 Å². The van der Waals surface area contributed by atoms with Crippen molar-refractivity contribution in [2.75, 3.05) is 19.7 Å². The van der Waals surface area contributed by atoms with Crippen LogP contribution in [0.15, 0.2) is 0 Å². The van der Waals surface area contributed by atoms with Crippen LogP contribution in [0.3, 0.4) is 0 Å². The molecular formula is C5H12ClNO. The molecule has 1 heterocycles. The standard InChI is InChI=1S/C5H11NO.ClH/c1-5-4-6-2-3-7-5;/h5-6H,2-4H2,1H3;1H. The molecule has 0 bridgehead atoms. The molecule has 0 amide bonds. The van der Waals surface area contributed by atoms with E-state index < -0.39 is 0 Å². The molecule has 0 aromatic rings. The molecule has 1 N–H and O–H groups in total. The summed E-state index contributed by atoms with van der Waals surface area (Å²) in [6.07, 6.45) is 0.425. The summed E-state index contributed by atoms with van der Waals surface area (Å²) < 4.78 is 5.22. The minimum atomic E-state index is 0. The van der Waals surface area contributed by atoms with Crippen LogP contribution in [0.1, 0.15) is 6.92 Å². The highest BCUT2D eigenvalue weighted by molar-refractivity contribution is 5.85. The first-order chi connectivity index (χ1) is 3.39. The fourth-order valence-electron chi connectivity index (χ4n) is 0.697. The van der Waals surface area contributed by atoms with E-state index in [4.69, 9.17) is 4.74 Å². The number of hydrogen-bond acceptors (Lipinski definition) is 2. The zero-order chi connectivity index (χ0) is 5.11. The number of hydrogen-bond donors (Lipinski definition) is 1. The average molecular weight is 138 g/mol. The molecule has 2 nitrogen and oxygen atoms in total. The van der Waals surface area contributed by atoms with Crippen LogP contribution in [0, 0.1) is 0 Å². The predicted octanol–water partition coefficient (Wildman–Crippen LogP) is 0.416. The summed E-state index contributed by atoms with van der Waals surface area (Å²) in [7, 11) is 0. The van der Waals surface area contributed by atoms with E-state index in [0.29, 0.717) is 6.10 Å². The van der Waals surface area contributed by atoms with Crippen LogP contribution in [-0.2, 0) is 4.74 Å². The van der Waals surface area contributed by atoms with Crippen molar-refractivity contribution in [1.82, 2.24) is 5.32 Å². The van der Waals surface area contributed by atoms with Crippen molar-refractivity contribution in [3.8, 4) is 0 Å². The van der Waals surface area contributed by atoms with Crippen LogP contribution < -0.4 is 5.32 Å². The average Bonchev–Trinajstić information content (AvgIpc) is 1.69. The van der Waals surface area contributed by atoms with E-state index in [2.05, 4.69) is 12.2 Å². The molecule has 1 saturated heterocycles. The molecule has 0 aromatic heterocycles. The predicted molar refractivity (Wildman–Crippen MR) is 35.5 cm³/mol. The first-order valence-corrected chi connectivity index (χ1v) is 2.72. The molecule has 1 aliphatic heterocycles. The second-order valence-electron chi connectivity index (χ2n) is 1.89. The Bertz CT molecular complexity index is 54.4. The van der Waals surface area contributed by atoms with Gasteiger partial charge in [-0.2, -0.15) is 0 Å². The molecule has 0 spiro atoms. The summed E-state index contributed by atoms with van der Waals surface area (Å²) in [6, 6.07) is 0. The highest BCUT2D eigenvalue weighted by atomic mass is 35.5. The molecule has 3 heteroatoms. The Morgan fingerprint density at radius 1 is 1.62 bits per heavy atom. The third-order valence-electron chi connectivity index (χ3n) is 1.11. The van der Waals surface area contributed by atoms with Gasteiger partial charge in [-0.25, -0.2) is 0 Å². The molecule has 8 heavy (non-hydrogen) atoms. The Balaban J connectivity index is 0.000000490. The zero-order valence-corrected chi connectivity index (χ0v) is 5.83. The van der Waals surface area contributed by atoms with Gasteiger partial charge in [0.05, 0.1) is 12.7 Å². The number of nitrogens with one attached hydrogen (secondary N) is 1. The first kappa shape index (κ1) is 8.21. The quantitative estimate of drug-likeness (QED) is 0.523. The molecule has 0 aliphatic carbocycles. The van der Waals surface area contributed by atoms with Crippen molar-refractivity contribution < 1.29 is 4.74 Å². The summed E-state index contributed by atoms with van der Waals surface area (Å²) in [4.78, 5) is 0. The maximum Gasteiger partial charge on any atom is 0.0672 e. The van der Waals surface area contributed by atoms with Gasteiger partial charge in [-0.05, 0) is 6.92 Å². The summed E-state index contributed by atoms with van der Waals surface area (Å²) in [5.41, 5.74) is 0. The van der Waals surface area contributed by atoms with E-state index in [1.165, 1.54) is 0 Å². The molecule has 0 aromatic carbocycles. The summed E-state index contributed by atoms with van der Waals surface area (Å²) >= 11 is 0. The lowest BCUT2D eigenvalue weighted by atomic mass is 10.3. The van der Waals surface area contributed by atoms with Crippen molar-refractivity contribution >= 4 is 12.4 Å². The van der Waals surface area contributed by atoms with Crippen LogP contribution in [0.2, 0.25) is 0 Å². The van der Waals surface area contributed by atoms with E-state index >= 15 is 0 Å². The molecule has 1 aliphatic rings. The van der Waals surface area contributed by atoms with Crippen LogP contribution in [0.4, 0.5) is 0 Å². The normalized spacial score (nSPS) is 28.9. The van der Waals surface area contributed by atoms with E-state index in [1.54, 1.807) is 0 Å². The third-order valence-corrected chi connectivity index (χ3v) is 1.11. The van der Waals surface area contributed by atoms with Gasteiger partial charge in [0.25, 0.3) is 0 Å². The Kier molecular flexibility index (Phi) is 4.23. The molecule has 1 rings (SSSR count). The van der Waals surface area contributed by atoms with E-state index in [-0.39, 0.29) is 12.4 Å².